The fourth-order valence-corrected chi connectivity index (χ4v) is 6.15. The van der Waals surface area contributed by atoms with Gasteiger partial charge in [-0.1, -0.05) is 60.7 Å². The molecule has 1 fully saturated rings. The van der Waals surface area contributed by atoms with Gasteiger partial charge in [0.2, 0.25) is 0 Å². The van der Waals surface area contributed by atoms with Gasteiger partial charge >= 0.3 is 24.1 Å². The Hall–Kier alpha value is -5.10. The first-order valence-corrected chi connectivity index (χ1v) is 15.1. The smallest absolute Gasteiger partial charge is 0.416 e. The molecule has 1 saturated heterocycles. The van der Waals surface area contributed by atoms with Crippen LogP contribution in [0.3, 0.4) is 0 Å². The second-order valence-electron chi connectivity index (χ2n) is 11.9. The van der Waals surface area contributed by atoms with Gasteiger partial charge in [0.25, 0.3) is 0 Å². The lowest BCUT2D eigenvalue weighted by molar-refractivity contribution is -0.143. The Labute approximate surface area is 276 Å². The number of alkyl halides is 6. The predicted molar refractivity (Wildman–Crippen MR) is 163 cm³/mol. The lowest BCUT2D eigenvalue weighted by Crippen LogP contribution is -2.63. The molecule has 0 spiro atoms. The van der Waals surface area contributed by atoms with Gasteiger partial charge in [0.1, 0.15) is 12.9 Å². The summed E-state index contributed by atoms with van der Waals surface area (Å²) in [5.41, 5.74) is -5.42. The maximum Gasteiger partial charge on any atom is 0.416 e. The van der Waals surface area contributed by atoms with Gasteiger partial charge in [-0.3, -0.25) is 9.47 Å². The van der Waals surface area contributed by atoms with Crippen molar-refractivity contribution in [3.63, 3.8) is 0 Å². The number of nitrogens with one attached hydrogen (secondary N) is 1. The topological polar surface area (TPSA) is 113 Å². The molecule has 0 bridgehead atoms. The van der Waals surface area contributed by atoms with Gasteiger partial charge in [-0.05, 0) is 54.7 Å². The summed E-state index contributed by atoms with van der Waals surface area (Å²) in [5.74, 6) is 0. The largest absolute Gasteiger partial charge is 0.445 e. The number of nitrogens with zero attached hydrogens (tertiary/aromatic N) is 4. The lowest BCUT2D eigenvalue weighted by atomic mass is 9.73. The number of rotatable bonds is 9. The highest BCUT2D eigenvalue weighted by Crippen LogP contribution is 2.46. The van der Waals surface area contributed by atoms with Crippen LogP contribution in [-0.2, 0) is 39.5 Å². The normalized spacial score (nSPS) is 20.4. The number of nitriles is 1. The molecule has 1 aliphatic heterocycles. The fraction of sp³-hybridized carbons (Fsp3) is 0.353. The third kappa shape index (κ3) is 7.49. The molecule has 258 valence electrons. The zero-order chi connectivity index (χ0) is 35.5. The standard InChI is InChI=1S/C34H31F6N5O4/c1-23(25-16-27(33(35,36)37)18-28(17-25)34(38,39)40)49-21-32(26-10-6-3-7-11-26)13-12-31(14-15-41,45-22-42-43-29(45)46)20-44(32)30(47)48-19-24-8-4-2-5-9-24/h2-11,16-18,22-23H,12-14,19-21H2,1H3,(H,43,46)/t23-,31-,32-/m1/s1. The molecule has 1 aromatic heterocycles. The predicted octanol–water partition coefficient (Wildman–Crippen LogP) is 7.32. The maximum atomic E-state index is 14.1. The van der Waals surface area contributed by atoms with Gasteiger partial charge in [-0.15, -0.1) is 0 Å². The van der Waals surface area contributed by atoms with Crippen LogP contribution in [-0.4, -0.2) is 38.9 Å². The Kier molecular flexibility index (Phi) is 9.91. The van der Waals surface area contributed by atoms with E-state index in [1.807, 2.05) is 0 Å². The van der Waals surface area contributed by atoms with E-state index in [4.69, 9.17) is 9.47 Å². The van der Waals surface area contributed by atoms with Crippen LogP contribution < -0.4 is 5.69 Å². The van der Waals surface area contributed by atoms with Crippen molar-refractivity contribution < 1.29 is 40.6 Å². The van der Waals surface area contributed by atoms with Crippen LogP contribution in [0, 0.1) is 11.3 Å². The summed E-state index contributed by atoms with van der Waals surface area (Å²) in [6.45, 7) is 0.543. The zero-order valence-corrected chi connectivity index (χ0v) is 26.1. The number of amides is 1. The molecule has 0 saturated carbocycles. The van der Waals surface area contributed by atoms with Crippen molar-refractivity contribution in [2.75, 3.05) is 13.2 Å². The number of likely N-dealkylation sites (tertiary alicyclic amines) is 1. The number of carbonyl (C=O) groups is 1. The number of H-pyrrole nitrogens is 1. The summed E-state index contributed by atoms with van der Waals surface area (Å²) in [4.78, 5) is 28.3. The first-order chi connectivity index (χ1) is 23.2. The Morgan fingerprint density at radius 1 is 0.980 bits per heavy atom. The van der Waals surface area contributed by atoms with E-state index in [1.54, 1.807) is 60.7 Å². The summed E-state index contributed by atoms with van der Waals surface area (Å²) >= 11 is 0. The molecule has 1 N–H and O–H groups in total. The molecular formula is C34H31F6N5O4. The minimum absolute atomic E-state index is 0.0415. The quantitative estimate of drug-likeness (QED) is 0.185. The first-order valence-electron chi connectivity index (χ1n) is 15.1. The highest BCUT2D eigenvalue weighted by atomic mass is 19.4. The van der Waals surface area contributed by atoms with E-state index in [1.165, 1.54) is 22.7 Å². The lowest BCUT2D eigenvalue weighted by Gasteiger charge is -2.53. The van der Waals surface area contributed by atoms with Crippen LogP contribution in [0.2, 0.25) is 0 Å². The molecule has 9 nitrogen and oxygen atoms in total. The average Bonchev–Trinajstić information content (AvgIpc) is 3.53. The van der Waals surface area contributed by atoms with Crippen molar-refractivity contribution in [1.29, 1.82) is 5.26 Å². The van der Waals surface area contributed by atoms with Crippen LogP contribution in [0.15, 0.2) is 90.0 Å². The van der Waals surface area contributed by atoms with E-state index in [0.29, 0.717) is 23.3 Å². The molecule has 3 aromatic carbocycles. The van der Waals surface area contributed by atoms with Crippen LogP contribution in [0.25, 0.3) is 0 Å². The van der Waals surface area contributed by atoms with Crippen molar-refractivity contribution >= 4 is 6.09 Å². The number of ether oxygens (including phenoxy) is 2. The van der Waals surface area contributed by atoms with Gasteiger partial charge in [0.05, 0.1) is 47.4 Å². The van der Waals surface area contributed by atoms with E-state index in [9.17, 15) is 41.2 Å². The molecule has 5 rings (SSSR count). The number of benzene rings is 3. The second kappa shape index (κ2) is 13.8. The van der Waals surface area contributed by atoms with Gasteiger partial charge in [0.15, 0.2) is 0 Å². The summed E-state index contributed by atoms with van der Waals surface area (Å²) in [7, 11) is 0. The first kappa shape index (κ1) is 35.2. The molecule has 2 heterocycles. The Bertz CT molecular complexity index is 1820. The monoisotopic (exact) mass is 687 g/mol. The van der Waals surface area contributed by atoms with Crippen LogP contribution in [0.5, 0.6) is 0 Å². The number of aromatic amines is 1. The van der Waals surface area contributed by atoms with Crippen molar-refractivity contribution in [3.8, 4) is 6.07 Å². The molecule has 15 heteroatoms. The number of halogens is 6. The number of carbonyl (C=O) groups excluding carboxylic acids is 1. The van der Waals surface area contributed by atoms with Gasteiger partial charge in [-0.25, -0.2) is 14.7 Å². The van der Waals surface area contributed by atoms with Crippen molar-refractivity contribution in [2.45, 2.75) is 62.3 Å². The minimum atomic E-state index is -5.06. The van der Waals surface area contributed by atoms with Crippen molar-refractivity contribution in [3.05, 3.63) is 123 Å². The maximum absolute atomic E-state index is 14.1. The van der Waals surface area contributed by atoms with Gasteiger partial charge in [-0.2, -0.15) is 36.7 Å². The third-order valence-electron chi connectivity index (χ3n) is 8.83. The summed E-state index contributed by atoms with van der Waals surface area (Å²) in [5, 5.41) is 16.0. The second-order valence-corrected chi connectivity index (χ2v) is 11.9. The van der Waals surface area contributed by atoms with Crippen molar-refractivity contribution in [2.24, 2.45) is 0 Å². The third-order valence-corrected chi connectivity index (χ3v) is 8.83. The molecule has 1 aliphatic rings. The van der Waals surface area contributed by atoms with Crippen LogP contribution >= 0.6 is 0 Å². The number of hydrogen-bond donors (Lipinski definition) is 1. The SMILES string of the molecule is C[C@@H](OC[C@@]1(c2ccccc2)CC[C@](CC#N)(n2cn[nH]c2=O)CN1C(=O)OCc1ccccc1)c1cc(C(F)(F)F)cc(C(F)(F)F)c1. The highest BCUT2D eigenvalue weighted by molar-refractivity contribution is 5.70. The summed E-state index contributed by atoms with van der Waals surface area (Å²) in [6, 6.07) is 20.7. The summed E-state index contributed by atoms with van der Waals surface area (Å²) in [6.07, 6.45) is -11.0. The summed E-state index contributed by atoms with van der Waals surface area (Å²) < 4.78 is 95.0. The molecule has 0 unspecified atom stereocenters. The number of aromatic nitrogens is 3. The minimum Gasteiger partial charge on any atom is -0.445 e. The molecule has 0 aliphatic carbocycles. The molecule has 3 atom stereocenters. The molecule has 0 radical (unpaired) electrons. The zero-order valence-electron chi connectivity index (χ0n) is 26.1. The number of hydrogen-bond acceptors (Lipinski definition) is 6. The number of piperidine rings is 1. The van der Waals surface area contributed by atoms with E-state index < -0.39 is 52.4 Å². The van der Waals surface area contributed by atoms with Crippen LogP contribution in [0.4, 0.5) is 31.1 Å². The Morgan fingerprint density at radius 3 is 2.14 bits per heavy atom. The average molecular weight is 688 g/mol. The van der Waals surface area contributed by atoms with Gasteiger partial charge < -0.3 is 9.47 Å². The van der Waals surface area contributed by atoms with E-state index >= 15 is 0 Å². The van der Waals surface area contributed by atoms with Crippen LogP contribution in [0.1, 0.15) is 60.1 Å². The molecule has 49 heavy (non-hydrogen) atoms. The van der Waals surface area contributed by atoms with Crippen molar-refractivity contribution in [1.82, 2.24) is 19.7 Å². The molecule has 1 amide bonds. The molecular weight excluding hydrogens is 656 g/mol. The molecule has 4 aromatic rings. The Balaban J connectivity index is 1.57. The fourth-order valence-electron chi connectivity index (χ4n) is 6.15. The van der Waals surface area contributed by atoms with E-state index in [2.05, 4.69) is 16.3 Å². The Morgan fingerprint density at radius 2 is 1.59 bits per heavy atom. The van der Waals surface area contributed by atoms with E-state index in [0.717, 1.165) is 0 Å². The van der Waals surface area contributed by atoms with E-state index in [-0.39, 0.29) is 50.7 Å². The van der Waals surface area contributed by atoms with Gasteiger partial charge in [0, 0.05) is 6.54 Å². The highest BCUT2D eigenvalue weighted by Gasteiger charge is 2.53.